The molecule has 1 N–H and O–H groups in total. The molecule has 0 rings (SSSR count). The zero-order valence-electron chi connectivity index (χ0n) is 17.7. The summed E-state index contributed by atoms with van der Waals surface area (Å²) in [5.74, 6) is -0.0910. The second-order valence-electron chi connectivity index (χ2n) is 7.71. The van der Waals surface area contributed by atoms with Crippen LogP contribution in [0.3, 0.4) is 0 Å². The van der Waals surface area contributed by atoms with E-state index < -0.39 is 6.04 Å². The lowest BCUT2D eigenvalue weighted by molar-refractivity contribution is -0.124. The number of nitrogens with one attached hydrogen (secondary N) is 1. The van der Waals surface area contributed by atoms with Gasteiger partial charge in [0.1, 0.15) is 18.9 Å². The molecule has 0 aliphatic heterocycles. The molecule has 0 radical (unpaired) electrons. The maximum absolute atomic E-state index is 11.8. The molecule has 0 aromatic rings. The Morgan fingerprint density at radius 1 is 0.607 bits per heavy atom. The molecule has 0 fully saturated rings. The fourth-order valence-electron chi connectivity index (χ4n) is 3.34. The highest BCUT2D eigenvalue weighted by molar-refractivity contribution is 5.79. The highest BCUT2D eigenvalue weighted by Gasteiger charge is 2.10. The number of aldehydes is 3. The van der Waals surface area contributed by atoms with Crippen molar-refractivity contribution in [3.63, 3.8) is 0 Å². The van der Waals surface area contributed by atoms with E-state index in [1.807, 2.05) is 0 Å². The van der Waals surface area contributed by atoms with Crippen molar-refractivity contribution in [1.82, 2.24) is 5.32 Å². The van der Waals surface area contributed by atoms with E-state index in [1.165, 1.54) is 64.2 Å². The Kier molecular flexibility index (Phi) is 20.6. The van der Waals surface area contributed by atoms with E-state index in [1.54, 1.807) is 0 Å². The molecule has 1 unspecified atom stereocenters. The van der Waals surface area contributed by atoms with Crippen molar-refractivity contribution in [3.05, 3.63) is 0 Å². The van der Waals surface area contributed by atoms with E-state index in [-0.39, 0.29) is 5.91 Å². The molecule has 1 atom stereocenters. The molecule has 5 heteroatoms. The predicted octanol–water partition coefficient (Wildman–Crippen LogP) is 5.09. The summed E-state index contributed by atoms with van der Waals surface area (Å²) in [5.41, 5.74) is 0. The zero-order valence-corrected chi connectivity index (χ0v) is 17.7. The van der Waals surface area contributed by atoms with E-state index in [2.05, 4.69) is 5.32 Å². The second-order valence-corrected chi connectivity index (χ2v) is 7.71. The van der Waals surface area contributed by atoms with Gasteiger partial charge in [0, 0.05) is 19.3 Å². The van der Waals surface area contributed by atoms with Crippen molar-refractivity contribution in [2.24, 2.45) is 0 Å². The highest BCUT2D eigenvalue weighted by Crippen LogP contribution is 2.13. The van der Waals surface area contributed by atoms with Crippen LogP contribution in [0.4, 0.5) is 0 Å². The Morgan fingerprint density at radius 3 is 1.46 bits per heavy atom. The van der Waals surface area contributed by atoms with Gasteiger partial charge in [0.05, 0.1) is 6.04 Å². The van der Waals surface area contributed by atoms with Crippen LogP contribution in [-0.4, -0.2) is 30.8 Å². The number of amides is 1. The minimum atomic E-state index is -0.528. The molecule has 162 valence electrons. The lowest BCUT2D eigenvalue weighted by atomic mass is 10.0. The van der Waals surface area contributed by atoms with Crippen molar-refractivity contribution < 1.29 is 19.2 Å². The summed E-state index contributed by atoms with van der Waals surface area (Å²) < 4.78 is 0. The molecule has 1 amide bonds. The van der Waals surface area contributed by atoms with Gasteiger partial charge in [-0.1, -0.05) is 77.0 Å². The first-order valence-corrected chi connectivity index (χ1v) is 11.4. The number of hydrogen-bond donors (Lipinski definition) is 1. The number of rotatable bonds is 22. The fourth-order valence-corrected chi connectivity index (χ4v) is 3.34. The largest absolute Gasteiger partial charge is 0.347 e. The highest BCUT2D eigenvalue weighted by atomic mass is 16.2. The third kappa shape index (κ3) is 19.2. The zero-order chi connectivity index (χ0) is 20.7. The lowest BCUT2D eigenvalue weighted by Gasteiger charge is -2.11. The number of carbonyl (C=O) groups is 4. The minimum Gasteiger partial charge on any atom is -0.347 e. The smallest absolute Gasteiger partial charge is 0.220 e. The maximum Gasteiger partial charge on any atom is 0.220 e. The molecular formula is C23H41NO4. The van der Waals surface area contributed by atoms with E-state index in [4.69, 9.17) is 0 Å². The average Bonchev–Trinajstić information content (AvgIpc) is 2.70. The molecule has 0 bridgehead atoms. The second kappa shape index (κ2) is 21.8. The minimum absolute atomic E-state index is 0.0910. The van der Waals surface area contributed by atoms with Crippen molar-refractivity contribution in [2.45, 2.75) is 122 Å². The molecule has 0 aliphatic rings. The first-order valence-electron chi connectivity index (χ1n) is 11.4. The van der Waals surface area contributed by atoms with Crippen LogP contribution in [0.15, 0.2) is 0 Å². The van der Waals surface area contributed by atoms with Gasteiger partial charge in [0.2, 0.25) is 5.91 Å². The Balaban J connectivity index is 3.28. The lowest BCUT2D eigenvalue weighted by Crippen LogP contribution is -2.35. The van der Waals surface area contributed by atoms with Gasteiger partial charge in [-0.25, -0.2) is 0 Å². The third-order valence-corrected chi connectivity index (χ3v) is 5.08. The Labute approximate surface area is 171 Å². The van der Waals surface area contributed by atoms with Gasteiger partial charge < -0.3 is 19.7 Å². The molecule has 28 heavy (non-hydrogen) atoms. The van der Waals surface area contributed by atoms with E-state index in [0.29, 0.717) is 25.5 Å². The standard InChI is InChI=1S/C23H41NO4/c25-19-15-13-11-9-7-5-3-1-2-4-6-8-10-12-14-18-23(28)24-22(21-27)17-16-20-26/h19-22H,1-18H2,(H,24,28). The molecule has 0 aromatic heterocycles. The van der Waals surface area contributed by atoms with Crippen LogP contribution in [-0.2, 0) is 19.2 Å². The Hall–Kier alpha value is -1.52. The van der Waals surface area contributed by atoms with Gasteiger partial charge in [0.25, 0.3) is 0 Å². The fraction of sp³-hybridized carbons (Fsp3) is 0.826. The average molecular weight is 396 g/mol. The first kappa shape index (κ1) is 26.5. The van der Waals surface area contributed by atoms with Crippen molar-refractivity contribution in [2.75, 3.05) is 0 Å². The van der Waals surface area contributed by atoms with Crippen LogP contribution in [0.25, 0.3) is 0 Å². The Bertz CT molecular complexity index is 398. The summed E-state index contributed by atoms with van der Waals surface area (Å²) in [7, 11) is 0. The number of unbranched alkanes of at least 4 members (excludes halogenated alkanes) is 14. The third-order valence-electron chi connectivity index (χ3n) is 5.08. The summed E-state index contributed by atoms with van der Waals surface area (Å²) in [6, 6.07) is -0.528. The maximum atomic E-state index is 11.8. The van der Waals surface area contributed by atoms with Crippen LogP contribution in [0, 0.1) is 0 Å². The molecule has 0 saturated carbocycles. The summed E-state index contributed by atoms with van der Waals surface area (Å²) in [4.78, 5) is 43.1. The molecule has 0 heterocycles. The predicted molar refractivity (Wildman–Crippen MR) is 113 cm³/mol. The molecule has 0 spiro atoms. The van der Waals surface area contributed by atoms with Crippen molar-refractivity contribution in [1.29, 1.82) is 0 Å². The molecule has 0 aromatic carbocycles. The molecule has 0 aliphatic carbocycles. The van der Waals surface area contributed by atoms with Crippen LogP contribution >= 0.6 is 0 Å². The quantitative estimate of drug-likeness (QED) is 0.204. The number of hydrogen-bond acceptors (Lipinski definition) is 4. The SMILES string of the molecule is O=CCCCCCCCCCCCCCCCCC(=O)NC(C=O)CCC=O. The van der Waals surface area contributed by atoms with Crippen LogP contribution in [0.1, 0.15) is 116 Å². The van der Waals surface area contributed by atoms with Gasteiger partial charge >= 0.3 is 0 Å². The van der Waals surface area contributed by atoms with E-state index in [9.17, 15) is 19.2 Å². The topological polar surface area (TPSA) is 80.3 Å². The van der Waals surface area contributed by atoms with E-state index in [0.717, 1.165) is 44.7 Å². The van der Waals surface area contributed by atoms with Gasteiger partial charge in [0.15, 0.2) is 0 Å². The molecular weight excluding hydrogens is 354 g/mol. The first-order chi connectivity index (χ1) is 13.7. The normalized spacial score (nSPS) is 11.7. The Morgan fingerprint density at radius 2 is 1.04 bits per heavy atom. The van der Waals surface area contributed by atoms with Crippen molar-refractivity contribution in [3.8, 4) is 0 Å². The van der Waals surface area contributed by atoms with E-state index >= 15 is 0 Å². The van der Waals surface area contributed by atoms with Crippen molar-refractivity contribution >= 4 is 24.8 Å². The summed E-state index contributed by atoms with van der Waals surface area (Å²) in [6.07, 6.45) is 21.3. The summed E-state index contributed by atoms with van der Waals surface area (Å²) in [6.45, 7) is 0. The summed E-state index contributed by atoms with van der Waals surface area (Å²) in [5, 5.41) is 2.67. The van der Waals surface area contributed by atoms with Crippen LogP contribution in [0.2, 0.25) is 0 Å². The monoisotopic (exact) mass is 395 g/mol. The van der Waals surface area contributed by atoms with Gasteiger partial charge in [-0.05, 0) is 19.3 Å². The molecule has 5 nitrogen and oxygen atoms in total. The van der Waals surface area contributed by atoms with Gasteiger partial charge in [-0.15, -0.1) is 0 Å². The summed E-state index contributed by atoms with van der Waals surface area (Å²) >= 11 is 0. The van der Waals surface area contributed by atoms with Gasteiger partial charge in [-0.3, -0.25) is 4.79 Å². The molecule has 0 saturated heterocycles. The van der Waals surface area contributed by atoms with Crippen LogP contribution < -0.4 is 5.32 Å². The van der Waals surface area contributed by atoms with Crippen LogP contribution in [0.5, 0.6) is 0 Å². The van der Waals surface area contributed by atoms with Gasteiger partial charge in [-0.2, -0.15) is 0 Å². The number of carbonyl (C=O) groups excluding carboxylic acids is 4.